The van der Waals surface area contributed by atoms with Gasteiger partial charge < -0.3 is 10.8 Å². The summed E-state index contributed by atoms with van der Waals surface area (Å²) in [6.45, 7) is 4.36. The van der Waals surface area contributed by atoms with Crippen molar-refractivity contribution in [1.29, 1.82) is 0 Å². The summed E-state index contributed by atoms with van der Waals surface area (Å²) in [5.41, 5.74) is 6.51. The Balaban J connectivity index is 3.18. The zero-order valence-electron chi connectivity index (χ0n) is 10.2. The van der Waals surface area contributed by atoms with E-state index in [1.54, 1.807) is 6.07 Å². The monoisotopic (exact) mass is 243 g/mol. The molecule has 0 aliphatic rings. The van der Waals surface area contributed by atoms with Crippen LogP contribution in [0.15, 0.2) is 12.1 Å². The summed E-state index contributed by atoms with van der Waals surface area (Å²) in [4.78, 5) is 0. The molecule has 0 spiro atoms. The van der Waals surface area contributed by atoms with Crippen LogP contribution in [0.4, 0.5) is 8.78 Å². The second-order valence-electron chi connectivity index (χ2n) is 4.47. The molecule has 1 aromatic rings. The van der Waals surface area contributed by atoms with Crippen molar-refractivity contribution in [2.45, 2.75) is 39.0 Å². The number of phenols is 1. The molecule has 0 aromatic heterocycles. The Bertz CT molecular complexity index is 378. The zero-order valence-corrected chi connectivity index (χ0v) is 10.2. The average molecular weight is 243 g/mol. The van der Waals surface area contributed by atoms with E-state index in [4.69, 9.17) is 5.73 Å². The van der Waals surface area contributed by atoms with Crippen LogP contribution in [-0.4, -0.2) is 11.7 Å². The van der Waals surface area contributed by atoms with Crippen molar-refractivity contribution in [1.82, 2.24) is 0 Å². The van der Waals surface area contributed by atoms with E-state index >= 15 is 0 Å². The highest BCUT2D eigenvalue weighted by molar-refractivity contribution is 5.45. The Morgan fingerprint density at radius 1 is 1.29 bits per heavy atom. The first-order chi connectivity index (χ1) is 7.97. The molecule has 0 amide bonds. The molecule has 0 saturated carbocycles. The number of rotatable bonds is 5. The molecule has 3 N–H and O–H groups in total. The number of phenolic OH excluding ortho intramolecular Hbond substituents is 1. The summed E-state index contributed by atoms with van der Waals surface area (Å²) in [5.74, 6) is -0.123. The fourth-order valence-electron chi connectivity index (χ4n) is 1.73. The number of aromatic hydroxyl groups is 1. The third-order valence-corrected chi connectivity index (χ3v) is 2.79. The number of hydrogen-bond acceptors (Lipinski definition) is 2. The van der Waals surface area contributed by atoms with Gasteiger partial charge in [0.15, 0.2) is 0 Å². The summed E-state index contributed by atoms with van der Waals surface area (Å²) in [6.07, 6.45) is -1.44. The molecule has 0 bridgehead atoms. The summed E-state index contributed by atoms with van der Waals surface area (Å²) in [7, 11) is 0. The molecule has 96 valence electrons. The summed E-state index contributed by atoms with van der Waals surface area (Å²) < 4.78 is 25.6. The molecule has 0 radical (unpaired) electrons. The Morgan fingerprint density at radius 2 is 1.94 bits per heavy atom. The van der Waals surface area contributed by atoms with E-state index in [1.165, 1.54) is 6.07 Å². The predicted octanol–water partition coefficient (Wildman–Crippen LogP) is 3.34. The van der Waals surface area contributed by atoms with Crippen molar-refractivity contribution < 1.29 is 13.9 Å². The minimum Gasteiger partial charge on any atom is -0.507 e. The highest BCUT2D eigenvalue weighted by Crippen LogP contribution is 2.35. The number of benzene rings is 1. The van der Waals surface area contributed by atoms with Gasteiger partial charge in [-0.2, -0.15) is 0 Å². The lowest BCUT2D eigenvalue weighted by Crippen LogP contribution is -2.03. The average Bonchev–Trinajstić information content (AvgIpc) is 2.26. The maximum atomic E-state index is 12.8. The van der Waals surface area contributed by atoms with Crippen LogP contribution in [0.2, 0.25) is 0 Å². The number of halogens is 2. The van der Waals surface area contributed by atoms with Crippen LogP contribution in [0.1, 0.15) is 49.3 Å². The highest BCUT2D eigenvalue weighted by atomic mass is 19.3. The van der Waals surface area contributed by atoms with Gasteiger partial charge in [-0.15, -0.1) is 0 Å². The third-order valence-electron chi connectivity index (χ3n) is 2.79. The van der Waals surface area contributed by atoms with Crippen LogP contribution in [0, 0.1) is 0 Å². The molecule has 1 rings (SSSR count). The van der Waals surface area contributed by atoms with Crippen LogP contribution in [0.5, 0.6) is 5.75 Å². The van der Waals surface area contributed by atoms with E-state index in [-0.39, 0.29) is 17.2 Å². The normalized spacial score (nSPS) is 11.5. The van der Waals surface area contributed by atoms with Crippen LogP contribution in [0.3, 0.4) is 0 Å². The minimum absolute atomic E-state index is 0.157. The van der Waals surface area contributed by atoms with Crippen molar-refractivity contribution in [2.24, 2.45) is 5.73 Å². The fraction of sp³-hybridized carbons (Fsp3) is 0.538. The lowest BCUT2D eigenvalue weighted by Gasteiger charge is -2.14. The maximum Gasteiger partial charge on any atom is 0.267 e. The molecule has 17 heavy (non-hydrogen) atoms. The Kier molecular flexibility index (Phi) is 4.87. The fourth-order valence-corrected chi connectivity index (χ4v) is 1.73. The van der Waals surface area contributed by atoms with Gasteiger partial charge >= 0.3 is 0 Å². The van der Waals surface area contributed by atoms with Crippen LogP contribution >= 0.6 is 0 Å². The van der Waals surface area contributed by atoms with E-state index in [1.807, 2.05) is 13.8 Å². The maximum absolute atomic E-state index is 12.8. The van der Waals surface area contributed by atoms with Crippen molar-refractivity contribution in [2.75, 3.05) is 6.54 Å². The first kappa shape index (κ1) is 13.9. The molecule has 0 saturated heterocycles. The quantitative estimate of drug-likeness (QED) is 0.833. The van der Waals surface area contributed by atoms with Gasteiger partial charge in [-0.3, -0.25) is 0 Å². The van der Waals surface area contributed by atoms with E-state index in [0.29, 0.717) is 24.9 Å². The second-order valence-corrected chi connectivity index (χ2v) is 4.47. The smallest absolute Gasteiger partial charge is 0.267 e. The Labute approximate surface area is 100 Å². The Hall–Kier alpha value is -1.16. The van der Waals surface area contributed by atoms with Crippen LogP contribution < -0.4 is 5.73 Å². The Morgan fingerprint density at radius 3 is 2.41 bits per heavy atom. The van der Waals surface area contributed by atoms with E-state index in [2.05, 4.69) is 0 Å². The molecule has 0 unspecified atom stereocenters. The van der Waals surface area contributed by atoms with E-state index in [0.717, 1.165) is 5.56 Å². The molecule has 0 fully saturated rings. The first-order valence-electron chi connectivity index (χ1n) is 5.81. The molecular formula is C13H19F2NO. The number of nitrogens with two attached hydrogens (primary N) is 1. The van der Waals surface area contributed by atoms with Gasteiger partial charge in [-0.1, -0.05) is 19.9 Å². The summed E-state index contributed by atoms with van der Waals surface area (Å²) >= 11 is 0. The summed E-state index contributed by atoms with van der Waals surface area (Å²) in [5, 5.41) is 9.77. The van der Waals surface area contributed by atoms with Gasteiger partial charge in [0.1, 0.15) is 5.75 Å². The number of alkyl halides is 2. The highest BCUT2D eigenvalue weighted by Gasteiger charge is 2.18. The van der Waals surface area contributed by atoms with Crippen molar-refractivity contribution in [3.05, 3.63) is 28.8 Å². The SMILES string of the molecule is CC(C)c1cc(CCCN)c(O)c(C(F)F)c1. The van der Waals surface area contributed by atoms with Crippen LogP contribution in [-0.2, 0) is 6.42 Å². The standard InChI is InChI=1S/C13H19F2NO/c1-8(2)10-6-9(4-3-5-16)12(17)11(7-10)13(14)15/h6-8,13,17H,3-5,16H2,1-2H3. The van der Waals surface area contributed by atoms with E-state index in [9.17, 15) is 13.9 Å². The van der Waals surface area contributed by atoms with Crippen molar-refractivity contribution in [3.63, 3.8) is 0 Å². The van der Waals surface area contributed by atoms with E-state index < -0.39 is 6.43 Å². The lowest BCUT2D eigenvalue weighted by molar-refractivity contribution is 0.147. The molecule has 0 aliphatic carbocycles. The third kappa shape index (κ3) is 3.40. The molecule has 2 nitrogen and oxygen atoms in total. The molecule has 1 aromatic carbocycles. The largest absolute Gasteiger partial charge is 0.507 e. The van der Waals surface area contributed by atoms with Crippen LogP contribution in [0.25, 0.3) is 0 Å². The molecule has 0 heterocycles. The molecule has 4 heteroatoms. The van der Waals surface area contributed by atoms with Gasteiger partial charge in [0.25, 0.3) is 6.43 Å². The second kappa shape index (κ2) is 5.96. The molecular weight excluding hydrogens is 224 g/mol. The molecule has 0 aliphatic heterocycles. The predicted molar refractivity (Wildman–Crippen MR) is 64.5 cm³/mol. The molecule has 0 atom stereocenters. The lowest BCUT2D eigenvalue weighted by atomic mass is 9.95. The van der Waals surface area contributed by atoms with Gasteiger partial charge in [0.05, 0.1) is 5.56 Å². The van der Waals surface area contributed by atoms with Gasteiger partial charge in [-0.25, -0.2) is 8.78 Å². The summed E-state index contributed by atoms with van der Waals surface area (Å²) in [6, 6.07) is 3.18. The van der Waals surface area contributed by atoms with Crippen molar-refractivity contribution in [3.8, 4) is 5.75 Å². The van der Waals surface area contributed by atoms with Gasteiger partial charge in [-0.05, 0) is 42.5 Å². The minimum atomic E-state index is -2.65. The number of hydrogen-bond donors (Lipinski definition) is 2. The van der Waals surface area contributed by atoms with Gasteiger partial charge in [0.2, 0.25) is 0 Å². The number of aryl methyl sites for hydroxylation is 1. The van der Waals surface area contributed by atoms with Crippen molar-refractivity contribution >= 4 is 0 Å². The topological polar surface area (TPSA) is 46.2 Å². The zero-order chi connectivity index (χ0) is 13.0. The first-order valence-corrected chi connectivity index (χ1v) is 5.81. The van der Waals surface area contributed by atoms with Gasteiger partial charge in [0, 0.05) is 0 Å².